The van der Waals surface area contributed by atoms with Gasteiger partial charge < -0.3 is 4.84 Å². The van der Waals surface area contributed by atoms with Crippen molar-refractivity contribution in [3.63, 3.8) is 0 Å². The number of rotatable bonds is 1. The van der Waals surface area contributed by atoms with E-state index in [-0.39, 0.29) is 29.6 Å². The minimum atomic E-state index is -2.86. The third kappa shape index (κ3) is 1.31. The normalized spacial score (nSPS) is 39.2. The quantitative estimate of drug-likeness (QED) is 0.762. The molecule has 4 atom stereocenters. The zero-order valence-corrected chi connectivity index (χ0v) is 10.5. The molecule has 0 spiro atoms. The molecule has 0 aromatic heterocycles. The molecule has 2 heterocycles. The molecule has 3 aliphatic rings. The van der Waals surface area contributed by atoms with Crippen molar-refractivity contribution in [2.45, 2.75) is 6.10 Å². The Labute approximate surface area is 106 Å². The molecule has 1 saturated heterocycles. The van der Waals surface area contributed by atoms with Crippen molar-refractivity contribution in [3.8, 4) is 0 Å². The van der Waals surface area contributed by atoms with Gasteiger partial charge in [-0.3, -0.25) is 0 Å². The molecule has 0 N–H and O–H groups in total. The first-order valence-electron chi connectivity index (χ1n) is 6.15. The molecule has 1 aromatic rings. The molecular formula is C13H13NO3S. The Morgan fingerprint density at radius 1 is 1.11 bits per heavy atom. The van der Waals surface area contributed by atoms with Crippen LogP contribution in [0.1, 0.15) is 5.56 Å². The van der Waals surface area contributed by atoms with Crippen LogP contribution in [0.4, 0.5) is 0 Å². The Morgan fingerprint density at radius 2 is 1.83 bits per heavy atom. The first kappa shape index (κ1) is 10.6. The van der Waals surface area contributed by atoms with Crippen LogP contribution in [0.25, 0.3) is 0 Å². The van der Waals surface area contributed by atoms with Crippen molar-refractivity contribution in [3.05, 3.63) is 35.9 Å². The van der Waals surface area contributed by atoms with Gasteiger partial charge in [-0.2, -0.15) is 0 Å². The summed E-state index contributed by atoms with van der Waals surface area (Å²) in [6.07, 6.45) is -0.0116. The summed E-state index contributed by atoms with van der Waals surface area (Å²) in [6.45, 7) is 0. The van der Waals surface area contributed by atoms with Gasteiger partial charge in [0.2, 0.25) is 0 Å². The maximum absolute atomic E-state index is 11.7. The number of benzene rings is 1. The fourth-order valence-corrected chi connectivity index (χ4v) is 5.71. The highest BCUT2D eigenvalue weighted by molar-refractivity contribution is 7.91. The van der Waals surface area contributed by atoms with Crippen LogP contribution < -0.4 is 0 Å². The number of hydrogen-bond acceptors (Lipinski definition) is 4. The minimum Gasteiger partial charge on any atom is -0.391 e. The van der Waals surface area contributed by atoms with Crippen LogP contribution in [0.5, 0.6) is 0 Å². The van der Waals surface area contributed by atoms with Crippen molar-refractivity contribution in [1.29, 1.82) is 0 Å². The average molecular weight is 263 g/mol. The predicted molar refractivity (Wildman–Crippen MR) is 67.0 cm³/mol. The molecular weight excluding hydrogens is 250 g/mol. The van der Waals surface area contributed by atoms with Gasteiger partial charge in [0.05, 0.1) is 17.2 Å². The van der Waals surface area contributed by atoms with Gasteiger partial charge in [0.25, 0.3) is 0 Å². The highest BCUT2D eigenvalue weighted by Crippen LogP contribution is 2.52. The van der Waals surface area contributed by atoms with E-state index in [0.29, 0.717) is 5.75 Å². The molecule has 0 radical (unpaired) electrons. The maximum Gasteiger partial charge on any atom is 0.151 e. The van der Waals surface area contributed by atoms with Crippen LogP contribution in [-0.2, 0) is 14.7 Å². The van der Waals surface area contributed by atoms with E-state index >= 15 is 0 Å². The molecule has 4 nitrogen and oxygen atoms in total. The number of sulfone groups is 1. The fourth-order valence-electron chi connectivity index (χ4n) is 3.51. The Morgan fingerprint density at radius 3 is 2.61 bits per heavy atom. The SMILES string of the molecule is O=S1(=O)CC2C(C1)C1C(c3ccccc3)=NOC21. The second-order valence-corrected chi connectivity index (χ2v) is 7.50. The monoisotopic (exact) mass is 263 g/mol. The lowest BCUT2D eigenvalue weighted by Gasteiger charge is -2.41. The van der Waals surface area contributed by atoms with Gasteiger partial charge in [0, 0.05) is 11.8 Å². The molecule has 18 heavy (non-hydrogen) atoms. The number of fused-ring (bicyclic) bond motifs is 4. The van der Waals surface area contributed by atoms with E-state index in [1.54, 1.807) is 0 Å². The van der Waals surface area contributed by atoms with E-state index in [2.05, 4.69) is 5.16 Å². The first-order valence-corrected chi connectivity index (χ1v) is 7.97. The lowest BCUT2D eigenvalue weighted by Crippen LogP contribution is -2.51. The number of nitrogens with zero attached hydrogens (tertiary/aromatic N) is 1. The summed E-state index contributed by atoms with van der Waals surface area (Å²) in [4.78, 5) is 5.45. The summed E-state index contributed by atoms with van der Waals surface area (Å²) in [5.41, 5.74) is 1.98. The summed E-state index contributed by atoms with van der Waals surface area (Å²) in [7, 11) is -2.86. The largest absolute Gasteiger partial charge is 0.391 e. The number of oxime groups is 1. The van der Waals surface area contributed by atoms with E-state index in [1.165, 1.54) is 0 Å². The second kappa shape index (κ2) is 3.35. The Kier molecular flexibility index (Phi) is 1.96. The Hall–Kier alpha value is -1.36. The molecule has 0 amide bonds. The van der Waals surface area contributed by atoms with Gasteiger partial charge in [0.1, 0.15) is 6.10 Å². The van der Waals surface area contributed by atoms with E-state index in [0.717, 1.165) is 11.3 Å². The third-order valence-electron chi connectivity index (χ3n) is 4.34. The highest BCUT2D eigenvalue weighted by atomic mass is 32.2. The van der Waals surface area contributed by atoms with E-state index in [4.69, 9.17) is 4.84 Å². The van der Waals surface area contributed by atoms with Crippen molar-refractivity contribution < 1.29 is 13.3 Å². The van der Waals surface area contributed by atoms with Crippen molar-refractivity contribution in [1.82, 2.24) is 0 Å². The molecule has 0 bridgehead atoms. The van der Waals surface area contributed by atoms with Gasteiger partial charge in [0.15, 0.2) is 9.84 Å². The number of hydrogen-bond donors (Lipinski definition) is 0. The van der Waals surface area contributed by atoms with Crippen LogP contribution in [0.2, 0.25) is 0 Å². The lowest BCUT2D eigenvalue weighted by atomic mass is 9.62. The van der Waals surface area contributed by atoms with Gasteiger partial charge in [-0.1, -0.05) is 35.5 Å². The van der Waals surface area contributed by atoms with Gasteiger partial charge in [-0.15, -0.1) is 0 Å². The first-order chi connectivity index (χ1) is 8.66. The maximum atomic E-state index is 11.7. The van der Waals surface area contributed by atoms with E-state index in [9.17, 15) is 8.42 Å². The highest BCUT2D eigenvalue weighted by Gasteiger charge is 2.63. The van der Waals surface area contributed by atoms with Crippen LogP contribution in [-0.4, -0.2) is 31.7 Å². The summed E-state index contributed by atoms with van der Waals surface area (Å²) < 4.78 is 23.3. The lowest BCUT2D eigenvalue weighted by molar-refractivity contribution is -0.0675. The summed E-state index contributed by atoms with van der Waals surface area (Å²) >= 11 is 0. The molecule has 1 saturated carbocycles. The van der Waals surface area contributed by atoms with Crippen LogP contribution in [0, 0.1) is 17.8 Å². The van der Waals surface area contributed by atoms with E-state index in [1.807, 2.05) is 30.3 Å². The molecule has 1 aromatic carbocycles. The van der Waals surface area contributed by atoms with Crippen molar-refractivity contribution in [2.75, 3.05) is 11.5 Å². The summed E-state index contributed by atoms with van der Waals surface area (Å²) in [5.74, 6) is 1.12. The van der Waals surface area contributed by atoms with Crippen molar-refractivity contribution >= 4 is 15.5 Å². The Balaban J connectivity index is 1.67. The van der Waals surface area contributed by atoms with Crippen molar-refractivity contribution in [2.24, 2.45) is 22.9 Å². The van der Waals surface area contributed by atoms with Gasteiger partial charge in [-0.25, -0.2) is 8.42 Å². The summed E-state index contributed by atoms with van der Waals surface area (Å²) in [6, 6.07) is 9.89. The Bertz CT molecular complexity index is 623. The minimum absolute atomic E-state index is 0.0116. The molecule has 5 heteroatoms. The topological polar surface area (TPSA) is 55.7 Å². The average Bonchev–Trinajstić information content (AvgIpc) is 2.86. The molecule has 2 fully saturated rings. The molecule has 94 valence electrons. The third-order valence-corrected chi connectivity index (χ3v) is 6.12. The molecule has 2 aliphatic heterocycles. The van der Waals surface area contributed by atoms with Gasteiger partial charge >= 0.3 is 0 Å². The molecule has 4 rings (SSSR count). The van der Waals surface area contributed by atoms with E-state index < -0.39 is 9.84 Å². The standard InChI is InChI=1S/C13H13NO3S/c15-18(16)6-9-10(7-18)13-11(9)12(14-17-13)8-4-2-1-3-5-8/h1-5,9-11,13H,6-7H2. The van der Waals surface area contributed by atoms with Crippen LogP contribution >= 0.6 is 0 Å². The molecule has 4 unspecified atom stereocenters. The fraction of sp³-hybridized carbons (Fsp3) is 0.462. The molecule has 1 aliphatic carbocycles. The van der Waals surface area contributed by atoms with Crippen LogP contribution in [0.3, 0.4) is 0 Å². The van der Waals surface area contributed by atoms with Gasteiger partial charge in [-0.05, 0) is 11.5 Å². The smallest absolute Gasteiger partial charge is 0.151 e. The predicted octanol–water partition coefficient (Wildman–Crippen LogP) is 1.08. The summed E-state index contributed by atoms with van der Waals surface area (Å²) in [5, 5.41) is 4.18. The van der Waals surface area contributed by atoms with Crippen LogP contribution in [0.15, 0.2) is 35.5 Å². The second-order valence-electron chi connectivity index (χ2n) is 5.34. The zero-order chi connectivity index (χ0) is 12.3. The zero-order valence-electron chi connectivity index (χ0n) is 9.69.